The first-order valence-electron chi connectivity index (χ1n) is 9.85. The van der Waals surface area contributed by atoms with Crippen LogP contribution in [0.25, 0.3) is 0 Å². The standard InChI is InChI=1S/C23H27NO5/c1-15(2)12-17-8-10-18(11-9-17)16(3)24-22(25)14-28-23(26)21-13-27-19-6-4-5-7-20(19)29-21/h4-11,15-16,21H,12-14H2,1-3H3,(H,24,25)/t16-,21-/m1/s1. The normalized spacial score (nSPS) is 16.2. The Kier molecular flexibility index (Phi) is 6.75. The van der Waals surface area contributed by atoms with Gasteiger partial charge in [-0.05, 0) is 42.5 Å². The highest BCUT2D eigenvalue weighted by Crippen LogP contribution is 2.31. The number of carbonyl (C=O) groups excluding carboxylic acids is 2. The Morgan fingerprint density at radius 3 is 2.45 bits per heavy atom. The lowest BCUT2D eigenvalue weighted by Gasteiger charge is -2.25. The van der Waals surface area contributed by atoms with Gasteiger partial charge in [-0.2, -0.15) is 0 Å². The van der Waals surface area contributed by atoms with E-state index in [4.69, 9.17) is 14.2 Å². The molecular weight excluding hydrogens is 370 g/mol. The second-order valence-electron chi connectivity index (χ2n) is 7.60. The van der Waals surface area contributed by atoms with Crippen LogP contribution in [0.5, 0.6) is 11.5 Å². The summed E-state index contributed by atoms with van der Waals surface area (Å²) in [6.45, 7) is 5.95. The van der Waals surface area contributed by atoms with Gasteiger partial charge in [0.15, 0.2) is 18.1 Å². The second kappa shape index (κ2) is 9.45. The first-order valence-corrected chi connectivity index (χ1v) is 9.85. The minimum Gasteiger partial charge on any atom is -0.485 e. The molecule has 0 unspecified atom stereocenters. The van der Waals surface area contributed by atoms with E-state index >= 15 is 0 Å². The summed E-state index contributed by atoms with van der Waals surface area (Å²) < 4.78 is 16.2. The maximum absolute atomic E-state index is 12.2. The number of benzene rings is 2. The van der Waals surface area contributed by atoms with Gasteiger partial charge in [-0.3, -0.25) is 4.79 Å². The van der Waals surface area contributed by atoms with E-state index < -0.39 is 12.1 Å². The van der Waals surface area contributed by atoms with Gasteiger partial charge in [-0.25, -0.2) is 4.79 Å². The molecule has 0 spiro atoms. The first-order chi connectivity index (χ1) is 13.9. The van der Waals surface area contributed by atoms with Gasteiger partial charge in [-0.1, -0.05) is 50.2 Å². The van der Waals surface area contributed by atoms with E-state index in [1.807, 2.05) is 25.1 Å². The SMILES string of the molecule is CC(C)Cc1ccc([C@@H](C)NC(=O)COC(=O)[C@H]2COc3ccccc3O2)cc1. The maximum atomic E-state index is 12.2. The fourth-order valence-electron chi connectivity index (χ4n) is 3.15. The van der Waals surface area contributed by atoms with Crippen molar-refractivity contribution in [3.63, 3.8) is 0 Å². The molecule has 1 aliphatic rings. The summed E-state index contributed by atoms with van der Waals surface area (Å²) >= 11 is 0. The number of para-hydroxylation sites is 2. The molecule has 0 aromatic heterocycles. The molecule has 2 atom stereocenters. The number of hydrogen-bond donors (Lipinski definition) is 1. The molecular formula is C23H27NO5. The monoisotopic (exact) mass is 397 g/mol. The van der Waals surface area contributed by atoms with Crippen LogP contribution in [0, 0.1) is 5.92 Å². The van der Waals surface area contributed by atoms with Gasteiger partial charge < -0.3 is 19.5 Å². The Labute approximate surface area is 171 Å². The third-order valence-electron chi connectivity index (χ3n) is 4.62. The molecule has 1 amide bonds. The maximum Gasteiger partial charge on any atom is 0.351 e. The van der Waals surface area contributed by atoms with Crippen molar-refractivity contribution in [3.05, 3.63) is 59.7 Å². The quantitative estimate of drug-likeness (QED) is 0.725. The van der Waals surface area contributed by atoms with Crippen LogP contribution in [0.4, 0.5) is 0 Å². The number of fused-ring (bicyclic) bond motifs is 1. The Morgan fingerprint density at radius 1 is 1.07 bits per heavy atom. The van der Waals surface area contributed by atoms with Gasteiger partial charge in [0.1, 0.15) is 6.61 Å². The molecule has 0 saturated heterocycles. The molecule has 0 saturated carbocycles. The molecule has 6 nitrogen and oxygen atoms in total. The zero-order valence-electron chi connectivity index (χ0n) is 17.0. The summed E-state index contributed by atoms with van der Waals surface area (Å²) in [6, 6.07) is 15.1. The average Bonchev–Trinajstić information content (AvgIpc) is 2.71. The van der Waals surface area contributed by atoms with E-state index in [1.54, 1.807) is 18.2 Å². The minimum atomic E-state index is -0.886. The first kappa shape index (κ1) is 20.7. The lowest BCUT2D eigenvalue weighted by atomic mass is 10.00. The number of hydrogen-bond acceptors (Lipinski definition) is 5. The van der Waals surface area contributed by atoms with E-state index in [0.29, 0.717) is 17.4 Å². The summed E-state index contributed by atoms with van der Waals surface area (Å²) in [5.41, 5.74) is 2.27. The van der Waals surface area contributed by atoms with E-state index in [9.17, 15) is 9.59 Å². The van der Waals surface area contributed by atoms with Crippen LogP contribution in [0.15, 0.2) is 48.5 Å². The molecule has 1 heterocycles. The van der Waals surface area contributed by atoms with Crippen molar-refractivity contribution in [3.8, 4) is 11.5 Å². The number of amides is 1. The molecule has 0 bridgehead atoms. The summed E-state index contributed by atoms with van der Waals surface area (Å²) in [7, 11) is 0. The lowest BCUT2D eigenvalue weighted by Crippen LogP contribution is -2.40. The van der Waals surface area contributed by atoms with Crippen LogP contribution in [0.2, 0.25) is 0 Å². The van der Waals surface area contributed by atoms with Gasteiger partial charge in [-0.15, -0.1) is 0 Å². The number of esters is 1. The molecule has 1 aliphatic heterocycles. The number of ether oxygens (including phenoxy) is 3. The zero-order valence-corrected chi connectivity index (χ0v) is 17.0. The summed E-state index contributed by atoms with van der Waals surface area (Å²) in [5, 5.41) is 2.84. The van der Waals surface area contributed by atoms with Crippen molar-refractivity contribution in [1.82, 2.24) is 5.32 Å². The smallest absolute Gasteiger partial charge is 0.351 e. The lowest BCUT2D eigenvalue weighted by molar-refractivity contribution is -0.157. The van der Waals surface area contributed by atoms with Crippen molar-refractivity contribution in [2.24, 2.45) is 5.92 Å². The molecule has 0 fully saturated rings. The van der Waals surface area contributed by atoms with Crippen molar-refractivity contribution in [1.29, 1.82) is 0 Å². The van der Waals surface area contributed by atoms with E-state index in [0.717, 1.165) is 12.0 Å². The van der Waals surface area contributed by atoms with E-state index in [2.05, 4.69) is 31.3 Å². The van der Waals surface area contributed by atoms with Crippen LogP contribution < -0.4 is 14.8 Å². The van der Waals surface area contributed by atoms with E-state index in [-0.39, 0.29) is 25.2 Å². The fourth-order valence-corrected chi connectivity index (χ4v) is 3.15. The Balaban J connectivity index is 1.45. The van der Waals surface area contributed by atoms with Crippen LogP contribution in [0.3, 0.4) is 0 Å². The Morgan fingerprint density at radius 2 is 1.76 bits per heavy atom. The molecule has 0 aliphatic carbocycles. The van der Waals surface area contributed by atoms with E-state index in [1.165, 1.54) is 5.56 Å². The Hall–Kier alpha value is -3.02. The van der Waals surface area contributed by atoms with Crippen LogP contribution in [-0.4, -0.2) is 31.2 Å². The highest BCUT2D eigenvalue weighted by atomic mass is 16.6. The molecule has 29 heavy (non-hydrogen) atoms. The van der Waals surface area contributed by atoms with Crippen LogP contribution in [0.1, 0.15) is 37.9 Å². The summed E-state index contributed by atoms with van der Waals surface area (Å²) in [5.74, 6) is 0.677. The molecule has 6 heteroatoms. The van der Waals surface area contributed by atoms with Crippen molar-refractivity contribution in [2.75, 3.05) is 13.2 Å². The van der Waals surface area contributed by atoms with Crippen molar-refractivity contribution < 1.29 is 23.8 Å². The highest BCUT2D eigenvalue weighted by Gasteiger charge is 2.29. The molecule has 3 rings (SSSR count). The van der Waals surface area contributed by atoms with Crippen LogP contribution >= 0.6 is 0 Å². The van der Waals surface area contributed by atoms with Gasteiger partial charge >= 0.3 is 5.97 Å². The average molecular weight is 397 g/mol. The fraction of sp³-hybridized carbons (Fsp3) is 0.391. The van der Waals surface area contributed by atoms with Gasteiger partial charge in [0.25, 0.3) is 5.91 Å². The number of carbonyl (C=O) groups is 2. The van der Waals surface area contributed by atoms with Gasteiger partial charge in [0, 0.05) is 0 Å². The number of nitrogens with one attached hydrogen (secondary N) is 1. The number of rotatable bonds is 7. The molecule has 2 aromatic rings. The molecule has 2 aromatic carbocycles. The molecule has 1 N–H and O–H groups in total. The predicted octanol–water partition coefficient (Wildman–Crippen LogP) is 3.45. The largest absolute Gasteiger partial charge is 0.485 e. The van der Waals surface area contributed by atoms with Crippen LogP contribution in [-0.2, 0) is 20.7 Å². The molecule has 0 radical (unpaired) electrons. The third-order valence-corrected chi connectivity index (χ3v) is 4.62. The molecule has 154 valence electrons. The Bertz CT molecular complexity index is 847. The summed E-state index contributed by atoms with van der Waals surface area (Å²) in [6.07, 6.45) is 0.137. The van der Waals surface area contributed by atoms with Gasteiger partial charge in [0.2, 0.25) is 6.10 Å². The van der Waals surface area contributed by atoms with Crippen molar-refractivity contribution >= 4 is 11.9 Å². The topological polar surface area (TPSA) is 73.9 Å². The predicted molar refractivity (Wildman–Crippen MR) is 109 cm³/mol. The van der Waals surface area contributed by atoms with Crippen molar-refractivity contribution in [2.45, 2.75) is 39.3 Å². The minimum absolute atomic E-state index is 0.0522. The van der Waals surface area contributed by atoms with Gasteiger partial charge in [0.05, 0.1) is 6.04 Å². The highest BCUT2D eigenvalue weighted by molar-refractivity contribution is 5.82. The second-order valence-corrected chi connectivity index (χ2v) is 7.60. The summed E-state index contributed by atoms with van der Waals surface area (Å²) in [4.78, 5) is 24.4. The third kappa shape index (κ3) is 5.73. The zero-order chi connectivity index (χ0) is 20.8.